The molecular formula is C17H37N5O. The summed E-state index contributed by atoms with van der Waals surface area (Å²) in [5, 5.41) is 6.76. The summed E-state index contributed by atoms with van der Waals surface area (Å²) in [4.78, 5) is 9.11. The molecule has 1 rings (SSSR count). The number of morpholine rings is 1. The van der Waals surface area contributed by atoms with E-state index in [0.29, 0.717) is 12.1 Å². The quantitative estimate of drug-likeness (QED) is 0.396. The molecule has 1 fully saturated rings. The summed E-state index contributed by atoms with van der Waals surface area (Å²) in [5.74, 6) is 0.863. The van der Waals surface area contributed by atoms with Gasteiger partial charge >= 0.3 is 0 Å². The van der Waals surface area contributed by atoms with Crippen molar-refractivity contribution in [3.8, 4) is 0 Å². The lowest BCUT2D eigenvalue weighted by Crippen LogP contribution is -2.48. The molecule has 1 saturated heterocycles. The third-order valence-electron chi connectivity index (χ3n) is 4.27. The molecule has 0 radical (unpaired) electrons. The molecule has 0 amide bonds. The van der Waals surface area contributed by atoms with Crippen LogP contribution < -0.4 is 10.6 Å². The van der Waals surface area contributed by atoms with Gasteiger partial charge in [-0.1, -0.05) is 0 Å². The zero-order valence-electron chi connectivity index (χ0n) is 15.9. The number of nitrogens with zero attached hydrogens (tertiary/aromatic N) is 3. The summed E-state index contributed by atoms with van der Waals surface area (Å²) < 4.78 is 5.76. The molecule has 1 aliphatic heterocycles. The Morgan fingerprint density at radius 1 is 1.26 bits per heavy atom. The number of aliphatic imine (C=N–C) groups is 1. The van der Waals surface area contributed by atoms with E-state index >= 15 is 0 Å². The number of nitrogens with one attached hydrogen (secondary N) is 2. The second-order valence-electron chi connectivity index (χ2n) is 6.91. The van der Waals surface area contributed by atoms with Crippen LogP contribution in [0.25, 0.3) is 0 Å². The lowest BCUT2D eigenvalue weighted by Gasteiger charge is -2.31. The summed E-state index contributed by atoms with van der Waals surface area (Å²) in [6.45, 7) is 14.7. The second-order valence-corrected chi connectivity index (χ2v) is 6.91. The van der Waals surface area contributed by atoms with Crippen LogP contribution in [0.2, 0.25) is 0 Å². The Labute approximate surface area is 142 Å². The fraction of sp³-hybridized carbons (Fsp3) is 0.941. The Kier molecular flexibility index (Phi) is 9.52. The van der Waals surface area contributed by atoms with E-state index in [1.54, 1.807) is 0 Å². The second kappa shape index (κ2) is 10.8. The minimum Gasteiger partial charge on any atom is -0.374 e. The van der Waals surface area contributed by atoms with Crippen molar-refractivity contribution in [1.29, 1.82) is 0 Å². The molecule has 0 aromatic carbocycles. The molecule has 0 aromatic heterocycles. The number of likely N-dealkylation sites (N-methyl/N-ethyl adjacent to an activating group) is 1. The van der Waals surface area contributed by atoms with Gasteiger partial charge in [0.05, 0.1) is 12.7 Å². The van der Waals surface area contributed by atoms with Gasteiger partial charge < -0.3 is 20.3 Å². The Morgan fingerprint density at radius 2 is 1.96 bits per heavy atom. The predicted octanol–water partition coefficient (Wildman–Crippen LogP) is 0.991. The molecule has 1 heterocycles. The van der Waals surface area contributed by atoms with Gasteiger partial charge in [-0.05, 0) is 41.2 Å². The van der Waals surface area contributed by atoms with Gasteiger partial charge in [0.25, 0.3) is 0 Å². The van der Waals surface area contributed by atoms with Gasteiger partial charge in [-0.15, -0.1) is 0 Å². The summed E-state index contributed by atoms with van der Waals surface area (Å²) in [5.41, 5.74) is 0. The normalized spacial score (nSPS) is 20.6. The maximum Gasteiger partial charge on any atom is 0.191 e. The van der Waals surface area contributed by atoms with Gasteiger partial charge in [-0.2, -0.15) is 0 Å². The van der Waals surface area contributed by atoms with Crippen molar-refractivity contribution < 1.29 is 4.74 Å². The van der Waals surface area contributed by atoms with Crippen LogP contribution in [0.3, 0.4) is 0 Å². The van der Waals surface area contributed by atoms with Gasteiger partial charge in [0.2, 0.25) is 0 Å². The van der Waals surface area contributed by atoms with Gasteiger partial charge in [-0.25, -0.2) is 0 Å². The van der Waals surface area contributed by atoms with E-state index in [9.17, 15) is 0 Å². The first-order chi connectivity index (χ1) is 10.9. The maximum absolute atomic E-state index is 5.76. The highest BCUT2D eigenvalue weighted by Crippen LogP contribution is 2.05. The number of hydrogen-bond donors (Lipinski definition) is 2. The molecule has 0 aliphatic carbocycles. The van der Waals surface area contributed by atoms with E-state index in [0.717, 1.165) is 51.7 Å². The zero-order valence-corrected chi connectivity index (χ0v) is 15.9. The van der Waals surface area contributed by atoms with Gasteiger partial charge in [0, 0.05) is 51.9 Å². The van der Waals surface area contributed by atoms with Crippen molar-refractivity contribution in [3.05, 3.63) is 0 Å². The largest absolute Gasteiger partial charge is 0.374 e. The van der Waals surface area contributed by atoms with Crippen LogP contribution in [0.15, 0.2) is 4.99 Å². The average Bonchev–Trinajstić information content (AvgIpc) is 2.49. The molecule has 2 N–H and O–H groups in total. The van der Waals surface area contributed by atoms with Gasteiger partial charge in [-0.3, -0.25) is 9.89 Å². The van der Waals surface area contributed by atoms with Crippen molar-refractivity contribution in [2.24, 2.45) is 4.99 Å². The molecule has 0 bridgehead atoms. The summed E-state index contributed by atoms with van der Waals surface area (Å²) in [7, 11) is 3.95. The summed E-state index contributed by atoms with van der Waals surface area (Å²) >= 11 is 0. The minimum absolute atomic E-state index is 0.240. The zero-order chi connectivity index (χ0) is 17.2. The standard InChI is InChI=1S/C17H37N5O/c1-14(2)22(15(3)4)9-7-8-19-17(18-5)20-12-16-13-21(6)10-11-23-16/h14-16H,7-13H2,1-6H3,(H2,18,19,20). The maximum atomic E-state index is 5.76. The molecule has 1 atom stereocenters. The Balaban J connectivity index is 2.21. The molecule has 136 valence electrons. The van der Waals surface area contributed by atoms with E-state index < -0.39 is 0 Å². The Morgan fingerprint density at radius 3 is 2.52 bits per heavy atom. The van der Waals surface area contributed by atoms with Gasteiger partial charge in [0.15, 0.2) is 5.96 Å². The molecule has 1 unspecified atom stereocenters. The molecular weight excluding hydrogens is 290 g/mol. The lowest BCUT2D eigenvalue weighted by molar-refractivity contribution is -0.0161. The van der Waals surface area contributed by atoms with Crippen molar-refractivity contribution in [1.82, 2.24) is 20.4 Å². The van der Waals surface area contributed by atoms with Crippen molar-refractivity contribution in [3.63, 3.8) is 0 Å². The Hall–Kier alpha value is -0.850. The van der Waals surface area contributed by atoms with Crippen LogP contribution in [0.4, 0.5) is 0 Å². The highest BCUT2D eigenvalue weighted by Gasteiger charge is 2.17. The van der Waals surface area contributed by atoms with Crippen LogP contribution >= 0.6 is 0 Å². The van der Waals surface area contributed by atoms with E-state index in [-0.39, 0.29) is 6.10 Å². The highest BCUT2D eigenvalue weighted by atomic mass is 16.5. The van der Waals surface area contributed by atoms with Crippen LogP contribution in [0, 0.1) is 0 Å². The van der Waals surface area contributed by atoms with E-state index in [1.807, 2.05) is 7.05 Å². The first kappa shape index (κ1) is 20.2. The van der Waals surface area contributed by atoms with E-state index in [2.05, 4.69) is 60.2 Å². The average molecular weight is 328 g/mol. The smallest absolute Gasteiger partial charge is 0.191 e. The number of ether oxygens (including phenoxy) is 1. The van der Waals surface area contributed by atoms with Crippen molar-refractivity contribution in [2.45, 2.75) is 52.3 Å². The van der Waals surface area contributed by atoms with Crippen LogP contribution in [-0.2, 0) is 4.74 Å². The number of guanidine groups is 1. The monoisotopic (exact) mass is 327 g/mol. The van der Waals surface area contributed by atoms with Crippen molar-refractivity contribution in [2.75, 3.05) is 53.4 Å². The first-order valence-corrected chi connectivity index (χ1v) is 8.94. The fourth-order valence-electron chi connectivity index (χ4n) is 3.00. The molecule has 6 nitrogen and oxygen atoms in total. The van der Waals surface area contributed by atoms with Gasteiger partial charge in [0.1, 0.15) is 0 Å². The number of hydrogen-bond acceptors (Lipinski definition) is 4. The minimum atomic E-state index is 0.240. The van der Waals surface area contributed by atoms with Crippen molar-refractivity contribution >= 4 is 5.96 Å². The summed E-state index contributed by atoms with van der Waals surface area (Å²) in [6, 6.07) is 1.18. The Bertz CT molecular complexity index is 338. The highest BCUT2D eigenvalue weighted by molar-refractivity contribution is 5.79. The fourth-order valence-corrected chi connectivity index (χ4v) is 3.00. The predicted molar refractivity (Wildman–Crippen MR) is 98.2 cm³/mol. The summed E-state index contributed by atoms with van der Waals surface area (Å²) in [6.07, 6.45) is 1.35. The molecule has 0 spiro atoms. The lowest BCUT2D eigenvalue weighted by atomic mass is 10.2. The van der Waals surface area contributed by atoms with Crippen LogP contribution in [-0.4, -0.2) is 87.4 Å². The topological polar surface area (TPSA) is 52.1 Å². The molecule has 0 saturated carbocycles. The molecule has 0 aromatic rings. The van der Waals surface area contributed by atoms with Crippen LogP contribution in [0.5, 0.6) is 0 Å². The molecule has 1 aliphatic rings. The van der Waals surface area contributed by atoms with E-state index in [1.165, 1.54) is 0 Å². The van der Waals surface area contributed by atoms with Crippen LogP contribution in [0.1, 0.15) is 34.1 Å². The van der Waals surface area contributed by atoms with E-state index in [4.69, 9.17) is 4.74 Å². The number of rotatable bonds is 8. The SMILES string of the molecule is CN=C(NCCCN(C(C)C)C(C)C)NCC1CN(C)CCO1. The molecule has 23 heavy (non-hydrogen) atoms. The first-order valence-electron chi connectivity index (χ1n) is 8.94. The third-order valence-corrected chi connectivity index (χ3v) is 4.27. The third kappa shape index (κ3) is 7.99. The molecule has 6 heteroatoms.